The molecule has 0 amide bonds. The molecule has 4 saturated heterocycles. The molecule has 16 rings (SSSR count). The van der Waals surface area contributed by atoms with Crippen LogP contribution in [0.15, 0.2) is 135 Å². The summed E-state index contributed by atoms with van der Waals surface area (Å²) in [5, 5.41) is 21.4. The van der Waals surface area contributed by atoms with Crippen molar-refractivity contribution in [3.63, 3.8) is 0 Å². The van der Waals surface area contributed by atoms with E-state index in [4.69, 9.17) is 18.9 Å². The zero-order valence-corrected chi connectivity index (χ0v) is 88.0. The summed E-state index contributed by atoms with van der Waals surface area (Å²) in [7, 11) is -12.9. The van der Waals surface area contributed by atoms with Crippen LogP contribution < -0.4 is 41.7 Å². The molecule has 0 radical (unpaired) electrons. The molecule has 8 aromatic heterocycles. The van der Waals surface area contributed by atoms with Crippen molar-refractivity contribution >= 4 is 107 Å². The Morgan fingerprint density at radius 1 is 0.403 bits per heavy atom. The fourth-order valence-electron chi connectivity index (χ4n) is 19.0. The maximum Gasteiger partial charge on any atom is 0.335 e. The van der Waals surface area contributed by atoms with Gasteiger partial charge in [0.1, 0.15) is 42.9 Å². The molecular formula is C101H116F10N12O22S4. The fourth-order valence-corrected chi connectivity index (χ4v) is 27.0. The number of imidazole rings is 4. The number of sulfone groups is 4. The second kappa shape index (κ2) is 42.4. The predicted octanol–water partition coefficient (Wildman–Crippen LogP) is 15.6. The maximum absolute atomic E-state index is 15.4. The van der Waals surface area contributed by atoms with Crippen LogP contribution in [0.3, 0.4) is 0 Å². The van der Waals surface area contributed by atoms with Gasteiger partial charge in [-0.05, 0) is 176 Å². The van der Waals surface area contributed by atoms with E-state index in [1.54, 1.807) is 135 Å². The first-order valence-corrected chi connectivity index (χ1v) is 55.1. The molecule has 806 valence electrons. The molecule has 4 aliphatic heterocycles. The second-order valence-electron chi connectivity index (χ2n) is 41.2. The van der Waals surface area contributed by atoms with Crippen LogP contribution in [0.1, 0.15) is 235 Å². The molecule has 0 saturated carbocycles. The zero-order chi connectivity index (χ0) is 110. The summed E-state index contributed by atoms with van der Waals surface area (Å²) >= 11 is 0. The van der Waals surface area contributed by atoms with E-state index in [2.05, 4.69) is 19.9 Å². The van der Waals surface area contributed by atoms with Gasteiger partial charge in [0.2, 0.25) is 24.1 Å². The Bertz CT molecular complexity index is 7770. The number of pyridine rings is 4. The van der Waals surface area contributed by atoms with Crippen molar-refractivity contribution in [3.8, 4) is 46.3 Å². The van der Waals surface area contributed by atoms with Gasteiger partial charge in [-0.3, -0.25) is 51.1 Å². The fraction of sp³-hybridized carbons (Fsp3) is 0.485. The summed E-state index contributed by atoms with van der Waals surface area (Å²) in [6, 6.07) is 17.3. The highest BCUT2D eigenvalue weighted by Crippen LogP contribution is 2.46. The third-order valence-corrected chi connectivity index (χ3v) is 35.2. The number of benzene rings is 4. The molecule has 4 aromatic carbocycles. The van der Waals surface area contributed by atoms with Crippen LogP contribution >= 0.6 is 0 Å². The minimum absolute atomic E-state index is 0.0390. The van der Waals surface area contributed by atoms with Gasteiger partial charge >= 0.3 is 35.0 Å². The SMILES string of the molecule is CC(C)n1c(=O)n(-c2cc(OC(C)(F)C(F)F)ccn2)c2cc(F)c(C(=O)CC3(C)CCS(=O)(=O)CC3)cc21.CCOc1cc(-n2c(=O)n(C(C)C)c3cc(C(=O)CC4(C(F)F)CCS(=O)(=O)CC4)c(F)cc32)c(F)cn1.CCOc1cc(-n2c(=O)n([C@@H](C)C(C)(C)O)c3cc(C(=O)CC4(C)CS(=O)(=O)C4)ccc32)c(F)cn1.CCOc1cc(-n2c(=O)n([C@H](C)C(C)(C)O)c3cc(C(=O)CC4(C)CS(=O)(=O)C4)ccc32)c(F)cn1. The average molecular weight is 2170 g/mol. The van der Waals surface area contributed by atoms with Crippen LogP contribution in [0.25, 0.3) is 67.0 Å². The summed E-state index contributed by atoms with van der Waals surface area (Å²) in [5.41, 5.74) is -7.84. The number of nitrogens with zero attached hydrogens (tertiary/aromatic N) is 12. The predicted molar refractivity (Wildman–Crippen MR) is 535 cm³/mol. The van der Waals surface area contributed by atoms with Crippen molar-refractivity contribution in [2.24, 2.45) is 21.7 Å². The Morgan fingerprint density at radius 2 is 0.738 bits per heavy atom. The number of hydrogen-bond donors (Lipinski definition) is 2. The molecule has 34 nitrogen and oxygen atoms in total. The number of rotatable bonds is 32. The molecule has 12 heterocycles. The van der Waals surface area contributed by atoms with Gasteiger partial charge in [0.15, 0.2) is 60.3 Å². The van der Waals surface area contributed by atoms with Crippen LogP contribution in [-0.4, -0.2) is 219 Å². The minimum atomic E-state index is -3.48. The molecule has 4 aliphatic rings. The molecule has 2 N–H and O–H groups in total. The van der Waals surface area contributed by atoms with Crippen molar-refractivity contribution in [2.75, 3.05) is 65.8 Å². The third kappa shape index (κ3) is 24.1. The van der Waals surface area contributed by atoms with Crippen LogP contribution in [0, 0.1) is 50.7 Å². The number of carbonyl (C=O) groups is 4. The normalized spacial score (nSPS) is 17.6. The van der Waals surface area contributed by atoms with Crippen molar-refractivity contribution in [1.82, 2.24) is 56.5 Å². The summed E-state index contributed by atoms with van der Waals surface area (Å²) < 4.78 is 268. The first-order chi connectivity index (χ1) is 69.1. The Morgan fingerprint density at radius 3 is 1.09 bits per heavy atom. The van der Waals surface area contributed by atoms with Gasteiger partial charge in [-0.2, -0.15) is 4.39 Å². The lowest BCUT2D eigenvalue weighted by Crippen LogP contribution is -2.47. The van der Waals surface area contributed by atoms with E-state index in [9.17, 15) is 117 Å². The number of aromatic nitrogens is 12. The Kier molecular flexibility index (Phi) is 32.3. The van der Waals surface area contributed by atoms with Crippen molar-refractivity contribution < 1.29 is 126 Å². The quantitative estimate of drug-likeness (QED) is 0.0292. The monoisotopic (exact) mass is 2170 g/mol. The van der Waals surface area contributed by atoms with E-state index in [1.165, 1.54) is 63.8 Å². The van der Waals surface area contributed by atoms with E-state index in [0.29, 0.717) is 53.3 Å². The number of ether oxygens (including phenoxy) is 4. The number of Topliss-reactive ketones (excluding diaryl/α,β-unsaturated/α-hetero) is 4. The maximum atomic E-state index is 15.4. The van der Waals surface area contributed by atoms with Crippen molar-refractivity contribution in [3.05, 3.63) is 209 Å². The molecule has 0 bridgehead atoms. The summed E-state index contributed by atoms with van der Waals surface area (Å²) in [6.45, 7) is 28.2. The van der Waals surface area contributed by atoms with Crippen LogP contribution in [0.4, 0.5) is 43.9 Å². The lowest BCUT2D eigenvalue weighted by molar-refractivity contribution is -0.152. The van der Waals surface area contributed by atoms with Gasteiger partial charge in [-0.15, -0.1) is 0 Å². The topological polar surface area (TPSA) is 441 Å². The van der Waals surface area contributed by atoms with E-state index >= 15 is 8.78 Å². The van der Waals surface area contributed by atoms with Gasteiger partial charge in [0.25, 0.3) is 0 Å². The van der Waals surface area contributed by atoms with Gasteiger partial charge in [-0.25, -0.2) is 117 Å². The molecular weight excluding hydrogens is 2050 g/mol. The first kappa shape index (κ1) is 114. The highest BCUT2D eigenvalue weighted by Gasteiger charge is 2.50. The molecule has 12 aromatic rings. The standard InChI is InChI=1S/C26H29F4N3O5S.C25H27F4N3O5S.2C25H30FN3O6S/c1-15(2)32-19-12-17(21(34)14-25(3)6-9-39(36,37)10-7-25)18(27)13-20(19)33(24(32)35)22-11-16(5-8-31-22)38-26(4,30)23(28)29;1-4-37-22-11-18(17(27)13-30-22)32-20-10-16(26)15(9-19(20)31(14(2)3)24(32)34)21(33)12-25(23(28)29)5-7-38(35,36)8-6-25;2*1-6-35-22-10-19(17(26)12-27-22)29-18-8-7-16(21(30)11-25(5)13-36(33,34)14-25)9-20(18)28(23(29)31)15(2)24(3,4)32/h5,8,11-13,15,23H,6-7,9-10,14H2,1-4H3;9-11,13-14,23H,4-8,12H2,1-3H3;2*7-10,12,15,32H,6,11,13-14H2,1-5H3/t;;2*15-/m..10/s1. The minimum Gasteiger partial charge on any atom is -0.478 e. The first-order valence-electron chi connectivity index (χ1n) is 47.8. The van der Waals surface area contributed by atoms with E-state index in [-0.39, 0.29) is 159 Å². The number of carbonyl (C=O) groups excluding carboxylic acids is 4. The van der Waals surface area contributed by atoms with E-state index < -0.39 is 215 Å². The van der Waals surface area contributed by atoms with Gasteiger partial charge in [0, 0.05) is 115 Å². The molecule has 0 aliphatic carbocycles. The highest BCUT2D eigenvalue weighted by molar-refractivity contribution is 7.93. The van der Waals surface area contributed by atoms with Crippen LogP contribution in [0.5, 0.6) is 23.4 Å². The third-order valence-electron chi connectivity index (χ3n) is 27.3. The number of fused-ring (bicyclic) bond motifs is 4. The largest absolute Gasteiger partial charge is 0.478 e. The molecule has 0 spiro atoms. The lowest BCUT2D eigenvalue weighted by atomic mass is 9.76. The number of ketones is 4. The summed E-state index contributed by atoms with van der Waals surface area (Å²) in [4.78, 5) is 122. The Balaban J connectivity index is 0.000000166. The molecule has 3 atom stereocenters. The Labute approximate surface area is 850 Å². The van der Waals surface area contributed by atoms with E-state index in [0.717, 1.165) is 64.3 Å². The van der Waals surface area contributed by atoms with Crippen LogP contribution in [0.2, 0.25) is 0 Å². The average Bonchev–Trinajstić information content (AvgIpc) is 1.58. The smallest absolute Gasteiger partial charge is 0.335 e. The second-order valence-corrected chi connectivity index (χ2v) is 49.9. The highest BCUT2D eigenvalue weighted by atomic mass is 32.2. The van der Waals surface area contributed by atoms with Gasteiger partial charge in [-0.1, -0.05) is 20.8 Å². The van der Waals surface area contributed by atoms with E-state index in [1.807, 2.05) is 0 Å². The van der Waals surface area contributed by atoms with Crippen LogP contribution in [-0.2, 0) is 39.3 Å². The Hall–Kier alpha value is -12.5. The number of halogens is 10. The lowest BCUT2D eigenvalue weighted by Gasteiger charge is -2.37. The van der Waals surface area contributed by atoms with Gasteiger partial charge in [0.05, 0.1) is 180 Å². The number of hydrogen-bond acceptors (Lipinski definition) is 26. The molecule has 1 unspecified atom stereocenters. The number of aliphatic hydroxyl groups is 2. The van der Waals surface area contributed by atoms with Gasteiger partial charge < -0.3 is 29.2 Å². The zero-order valence-electron chi connectivity index (χ0n) is 84.7. The molecule has 4 fully saturated rings. The summed E-state index contributed by atoms with van der Waals surface area (Å²) in [5.74, 6) is -10.9. The number of alkyl halides is 5. The summed E-state index contributed by atoms with van der Waals surface area (Å²) in [6.07, 6.45) is -3.49. The molecule has 149 heavy (non-hydrogen) atoms. The molecule has 48 heteroatoms. The van der Waals surface area contributed by atoms with Crippen molar-refractivity contribution in [1.29, 1.82) is 0 Å². The van der Waals surface area contributed by atoms with Crippen molar-refractivity contribution in [2.45, 2.75) is 223 Å².